The number of likely N-dealkylation sites (tertiary alicyclic amines) is 1. The SMILES string of the molecule is O=C(CC1CC2OC(CNCc3ccccc3OC(F)(F)F)C(O)C2O1)N1CCC(F)(F)C1. The summed E-state index contributed by atoms with van der Waals surface area (Å²) in [6.07, 6.45) is -8.15. The molecule has 0 aliphatic carbocycles. The molecule has 4 rings (SSSR count). The molecule has 3 fully saturated rings. The number of alkyl halides is 5. The Bertz CT molecular complexity index is 855. The maximum absolute atomic E-state index is 13.3. The summed E-state index contributed by atoms with van der Waals surface area (Å²) in [5, 5.41) is 13.5. The first-order valence-corrected chi connectivity index (χ1v) is 10.7. The molecule has 0 bridgehead atoms. The fourth-order valence-corrected chi connectivity index (χ4v) is 4.50. The number of hydrogen-bond donors (Lipinski definition) is 2. The van der Waals surface area contributed by atoms with Crippen LogP contribution in [-0.2, 0) is 20.8 Å². The third kappa shape index (κ3) is 5.92. The predicted octanol–water partition coefficient (Wildman–Crippen LogP) is 2.22. The Labute approximate surface area is 186 Å². The van der Waals surface area contributed by atoms with Crippen LogP contribution < -0.4 is 10.1 Å². The number of carbonyl (C=O) groups is 1. The molecule has 0 radical (unpaired) electrons. The highest BCUT2D eigenvalue weighted by atomic mass is 19.4. The van der Waals surface area contributed by atoms with Gasteiger partial charge in [-0.1, -0.05) is 18.2 Å². The molecule has 3 aliphatic heterocycles. The van der Waals surface area contributed by atoms with Gasteiger partial charge in [-0.3, -0.25) is 4.79 Å². The Morgan fingerprint density at radius 1 is 1.27 bits per heavy atom. The van der Waals surface area contributed by atoms with Crippen LogP contribution in [0.3, 0.4) is 0 Å². The van der Waals surface area contributed by atoms with E-state index in [0.717, 1.165) is 4.90 Å². The zero-order valence-corrected chi connectivity index (χ0v) is 17.6. The van der Waals surface area contributed by atoms with Crippen LogP contribution in [0.2, 0.25) is 0 Å². The van der Waals surface area contributed by atoms with Crippen LogP contribution in [0.4, 0.5) is 22.0 Å². The number of amides is 1. The first kappa shape index (κ1) is 24.1. The number of aliphatic hydroxyl groups is 1. The minimum atomic E-state index is -4.80. The maximum Gasteiger partial charge on any atom is 0.573 e. The van der Waals surface area contributed by atoms with Crippen molar-refractivity contribution in [2.24, 2.45) is 0 Å². The van der Waals surface area contributed by atoms with Crippen LogP contribution in [0.15, 0.2) is 24.3 Å². The summed E-state index contributed by atoms with van der Waals surface area (Å²) < 4.78 is 79.8. The Kier molecular flexibility index (Phi) is 6.81. The van der Waals surface area contributed by atoms with Gasteiger partial charge < -0.3 is 29.5 Å². The van der Waals surface area contributed by atoms with Crippen LogP contribution >= 0.6 is 0 Å². The van der Waals surface area contributed by atoms with Crippen molar-refractivity contribution in [1.82, 2.24) is 10.2 Å². The average Bonchev–Trinajstić information content (AvgIpc) is 3.36. The Hall–Kier alpha value is -2.02. The van der Waals surface area contributed by atoms with Crippen molar-refractivity contribution in [1.29, 1.82) is 0 Å². The van der Waals surface area contributed by atoms with Crippen LogP contribution in [0, 0.1) is 0 Å². The number of fused-ring (bicyclic) bond motifs is 1. The fraction of sp³-hybridized carbons (Fsp3) is 0.667. The highest BCUT2D eigenvalue weighted by Gasteiger charge is 2.51. The second-order valence-corrected chi connectivity index (χ2v) is 8.57. The minimum absolute atomic E-state index is 0.00934. The summed E-state index contributed by atoms with van der Waals surface area (Å²) in [6.45, 7) is -0.359. The molecule has 0 saturated carbocycles. The van der Waals surface area contributed by atoms with Crippen LogP contribution in [0.25, 0.3) is 0 Å². The van der Waals surface area contributed by atoms with E-state index in [2.05, 4.69) is 10.1 Å². The number of benzene rings is 1. The first-order chi connectivity index (χ1) is 15.5. The molecule has 0 aromatic heterocycles. The highest BCUT2D eigenvalue weighted by molar-refractivity contribution is 5.77. The summed E-state index contributed by atoms with van der Waals surface area (Å²) in [4.78, 5) is 13.4. The lowest BCUT2D eigenvalue weighted by atomic mass is 10.1. The molecule has 1 amide bonds. The van der Waals surface area contributed by atoms with Crippen molar-refractivity contribution in [3.8, 4) is 5.75 Å². The van der Waals surface area contributed by atoms with Crippen LogP contribution in [0.1, 0.15) is 24.8 Å². The molecule has 3 saturated heterocycles. The van der Waals surface area contributed by atoms with Crippen molar-refractivity contribution in [2.45, 2.75) is 68.6 Å². The largest absolute Gasteiger partial charge is 0.573 e. The van der Waals surface area contributed by atoms with Gasteiger partial charge in [0.1, 0.15) is 18.0 Å². The third-order valence-electron chi connectivity index (χ3n) is 6.06. The number of carbonyl (C=O) groups excluding carboxylic acids is 1. The van der Waals surface area contributed by atoms with Crippen molar-refractivity contribution in [3.05, 3.63) is 29.8 Å². The molecule has 5 atom stereocenters. The molecule has 1 aromatic rings. The third-order valence-corrected chi connectivity index (χ3v) is 6.06. The van der Waals surface area contributed by atoms with Gasteiger partial charge in [-0.15, -0.1) is 13.2 Å². The Morgan fingerprint density at radius 3 is 2.70 bits per heavy atom. The predicted molar refractivity (Wildman–Crippen MR) is 104 cm³/mol. The molecule has 3 aliphatic rings. The van der Waals surface area contributed by atoms with Gasteiger partial charge in [0.2, 0.25) is 5.91 Å². The Balaban J connectivity index is 1.23. The van der Waals surface area contributed by atoms with Crippen LogP contribution in [-0.4, -0.2) is 78.4 Å². The summed E-state index contributed by atoms with van der Waals surface area (Å²) in [7, 11) is 0. The smallest absolute Gasteiger partial charge is 0.405 e. The van der Waals surface area contributed by atoms with Crippen molar-refractivity contribution < 1.29 is 46.1 Å². The molecule has 2 N–H and O–H groups in total. The van der Waals surface area contributed by atoms with E-state index in [4.69, 9.17) is 9.47 Å². The standard InChI is InChI=1S/C21H25F5N2O5/c22-20(23)5-6-28(11-20)17(29)8-13-7-15-19(31-13)18(30)16(32-15)10-27-9-12-3-1-2-4-14(12)33-21(24,25)26/h1-4,13,15-16,18-19,27,30H,5-11H2. The van der Waals surface area contributed by atoms with E-state index in [9.17, 15) is 31.9 Å². The minimum Gasteiger partial charge on any atom is -0.405 e. The summed E-state index contributed by atoms with van der Waals surface area (Å²) in [5.74, 6) is -3.58. The summed E-state index contributed by atoms with van der Waals surface area (Å²) in [6, 6.07) is 5.73. The molecule has 33 heavy (non-hydrogen) atoms. The molecule has 184 valence electrons. The molecular weight excluding hydrogens is 455 g/mol. The van der Waals surface area contributed by atoms with Gasteiger partial charge in [0.05, 0.1) is 31.3 Å². The normalized spacial score (nSPS) is 31.1. The lowest BCUT2D eigenvalue weighted by Crippen LogP contribution is -2.39. The number of ether oxygens (including phenoxy) is 3. The van der Waals surface area contributed by atoms with Gasteiger partial charge in [0.15, 0.2) is 0 Å². The maximum atomic E-state index is 13.3. The number of rotatable bonds is 7. The number of hydrogen-bond acceptors (Lipinski definition) is 6. The van der Waals surface area contributed by atoms with Gasteiger partial charge in [-0.2, -0.15) is 0 Å². The molecule has 1 aromatic carbocycles. The lowest BCUT2D eigenvalue weighted by Gasteiger charge is -2.22. The van der Waals surface area contributed by atoms with Gasteiger partial charge in [0.25, 0.3) is 5.92 Å². The number of nitrogens with zero attached hydrogens (tertiary/aromatic N) is 1. The molecule has 5 unspecified atom stereocenters. The van der Waals surface area contributed by atoms with Gasteiger partial charge in [0, 0.05) is 38.0 Å². The van der Waals surface area contributed by atoms with Crippen molar-refractivity contribution >= 4 is 5.91 Å². The van der Waals surface area contributed by atoms with Gasteiger partial charge in [-0.05, 0) is 6.07 Å². The molecule has 12 heteroatoms. The molecule has 7 nitrogen and oxygen atoms in total. The molecule has 0 spiro atoms. The van der Waals surface area contributed by atoms with E-state index in [-0.39, 0.29) is 38.2 Å². The average molecular weight is 480 g/mol. The number of aliphatic hydroxyl groups excluding tert-OH is 1. The van der Waals surface area contributed by atoms with Crippen molar-refractivity contribution in [3.63, 3.8) is 0 Å². The van der Waals surface area contributed by atoms with E-state index in [1.165, 1.54) is 18.2 Å². The topological polar surface area (TPSA) is 80.3 Å². The number of para-hydroxylation sites is 1. The monoisotopic (exact) mass is 480 g/mol. The summed E-state index contributed by atoms with van der Waals surface area (Å²) in [5.41, 5.74) is 0.296. The molecule has 3 heterocycles. The van der Waals surface area contributed by atoms with E-state index in [1.807, 2.05) is 0 Å². The quantitative estimate of drug-likeness (QED) is 0.583. The van der Waals surface area contributed by atoms with Gasteiger partial charge >= 0.3 is 6.36 Å². The Morgan fingerprint density at radius 2 is 2.03 bits per heavy atom. The van der Waals surface area contributed by atoms with Gasteiger partial charge in [-0.25, -0.2) is 8.78 Å². The lowest BCUT2D eigenvalue weighted by molar-refractivity contribution is -0.274. The number of nitrogens with one attached hydrogen (secondary N) is 1. The first-order valence-electron chi connectivity index (χ1n) is 10.7. The zero-order valence-electron chi connectivity index (χ0n) is 17.6. The van der Waals surface area contributed by atoms with E-state index >= 15 is 0 Å². The summed E-state index contributed by atoms with van der Waals surface area (Å²) >= 11 is 0. The van der Waals surface area contributed by atoms with E-state index in [0.29, 0.717) is 12.0 Å². The van der Waals surface area contributed by atoms with Crippen LogP contribution in [0.5, 0.6) is 5.75 Å². The second-order valence-electron chi connectivity index (χ2n) is 8.57. The fourth-order valence-electron chi connectivity index (χ4n) is 4.50. The number of halogens is 5. The van der Waals surface area contributed by atoms with Crippen molar-refractivity contribution in [2.75, 3.05) is 19.6 Å². The zero-order chi connectivity index (χ0) is 23.8. The second kappa shape index (κ2) is 9.32. The van der Waals surface area contributed by atoms with E-state index < -0.39 is 55.3 Å². The highest BCUT2D eigenvalue weighted by Crippen LogP contribution is 2.36. The van der Waals surface area contributed by atoms with E-state index in [1.54, 1.807) is 6.07 Å². The molecular formula is C21H25F5N2O5.